The quantitative estimate of drug-likeness (QED) is 0.520. The van der Waals surface area contributed by atoms with E-state index in [1.807, 2.05) is 6.92 Å². The molecule has 22 heavy (non-hydrogen) atoms. The van der Waals surface area contributed by atoms with Crippen LogP contribution >= 0.6 is 0 Å². The number of rotatable bonds is 4. The van der Waals surface area contributed by atoms with Gasteiger partial charge in [0.2, 0.25) is 0 Å². The normalized spacial score (nSPS) is 35.3. The number of hydrogen-bond donors (Lipinski definition) is 3. The molecule has 0 aromatic rings. The number of sulfone groups is 1. The van der Waals surface area contributed by atoms with Crippen molar-refractivity contribution in [2.45, 2.75) is 58.1 Å². The Labute approximate surface area is 133 Å². The van der Waals surface area contributed by atoms with Gasteiger partial charge in [0.1, 0.15) is 0 Å². The monoisotopic (exact) mass is 331 g/mol. The molecule has 3 atom stereocenters. The molecule has 1 aliphatic heterocycles. The molecule has 2 rings (SSSR count). The molecule has 128 valence electrons. The summed E-state index contributed by atoms with van der Waals surface area (Å²) in [6.45, 7) is 5.36. The Kier molecular flexibility index (Phi) is 5.71. The van der Waals surface area contributed by atoms with E-state index in [0.717, 1.165) is 32.2 Å². The van der Waals surface area contributed by atoms with Crippen molar-refractivity contribution in [1.82, 2.24) is 10.6 Å². The van der Waals surface area contributed by atoms with Crippen LogP contribution in [-0.2, 0) is 9.84 Å². The number of hydrogen-bond acceptors (Lipinski definition) is 4. The first-order valence-corrected chi connectivity index (χ1v) is 10.1. The summed E-state index contributed by atoms with van der Waals surface area (Å²) in [4.78, 5) is 4.61. The second-order valence-electron chi connectivity index (χ2n) is 6.86. The van der Waals surface area contributed by atoms with E-state index in [-0.39, 0.29) is 29.1 Å². The van der Waals surface area contributed by atoms with E-state index >= 15 is 0 Å². The van der Waals surface area contributed by atoms with Gasteiger partial charge in [-0.25, -0.2) is 8.42 Å². The molecule has 0 amide bonds. The smallest absolute Gasteiger partial charge is 0.191 e. The lowest BCUT2D eigenvalue weighted by Gasteiger charge is -2.37. The molecule has 1 saturated heterocycles. The van der Waals surface area contributed by atoms with Crippen LogP contribution in [-0.4, -0.2) is 56.2 Å². The number of aliphatic imine (C=N–C) groups is 1. The van der Waals surface area contributed by atoms with Gasteiger partial charge in [0.15, 0.2) is 15.8 Å². The van der Waals surface area contributed by atoms with Crippen LogP contribution < -0.4 is 10.6 Å². The minimum atomic E-state index is -2.90. The topological polar surface area (TPSA) is 90.8 Å². The summed E-state index contributed by atoms with van der Waals surface area (Å²) in [6.07, 6.45) is 4.37. The molecule has 0 radical (unpaired) electrons. The highest BCUT2D eigenvalue weighted by Crippen LogP contribution is 2.36. The minimum Gasteiger partial charge on any atom is -0.392 e. The molecule has 3 N–H and O–H groups in total. The molecule has 1 saturated carbocycles. The van der Waals surface area contributed by atoms with Gasteiger partial charge in [-0.05, 0) is 26.2 Å². The Morgan fingerprint density at radius 3 is 2.73 bits per heavy atom. The van der Waals surface area contributed by atoms with Crippen LogP contribution in [0.5, 0.6) is 0 Å². The third kappa shape index (κ3) is 4.59. The number of guanidine groups is 1. The van der Waals surface area contributed by atoms with E-state index in [1.54, 1.807) is 0 Å². The molecule has 0 bridgehead atoms. The van der Waals surface area contributed by atoms with E-state index in [1.165, 1.54) is 0 Å². The van der Waals surface area contributed by atoms with Crippen LogP contribution in [0.2, 0.25) is 0 Å². The first kappa shape index (κ1) is 17.5. The predicted molar refractivity (Wildman–Crippen MR) is 88.8 cm³/mol. The van der Waals surface area contributed by atoms with Crippen LogP contribution in [0, 0.1) is 5.41 Å². The zero-order chi connectivity index (χ0) is 16.2. The lowest BCUT2D eigenvalue weighted by Crippen LogP contribution is -2.45. The lowest BCUT2D eigenvalue weighted by molar-refractivity contribution is 0.00716. The predicted octanol–water partition coefficient (Wildman–Crippen LogP) is 0.670. The molecule has 1 aliphatic carbocycles. The van der Waals surface area contributed by atoms with Gasteiger partial charge in [0.05, 0.1) is 24.2 Å². The molecule has 0 aromatic heterocycles. The Balaban J connectivity index is 1.97. The summed E-state index contributed by atoms with van der Waals surface area (Å²) < 4.78 is 23.1. The highest BCUT2D eigenvalue weighted by molar-refractivity contribution is 7.91. The summed E-state index contributed by atoms with van der Waals surface area (Å²) in [7, 11) is -2.90. The van der Waals surface area contributed by atoms with Gasteiger partial charge in [-0.2, -0.15) is 0 Å². The van der Waals surface area contributed by atoms with Crippen molar-refractivity contribution < 1.29 is 13.5 Å². The van der Waals surface area contributed by atoms with E-state index in [0.29, 0.717) is 18.9 Å². The Morgan fingerprint density at radius 2 is 2.14 bits per heavy atom. The number of aliphatic hydroxyl groups is 1. The lowest BCUT2D eigenvalue weighted by atomic mass is 9.73. The van der Waals surface area contributed by atoms with Crippen molar-refractivity contribution in [2.75, 3.05) is 24.6 Å². The number of nitrogens with zero attached hydrogens (tertiary/aromatic N) is 1. The molecule has 6 nitrogen and oxygen atoms in total. The molecule has 2 aliphatic rings. The zero-order valence-electron chi connectivity index (χ0n) is 13.6. The highest BCUT2D eigenvalue weighted by Gasteiger charge is 2.35. The summed E-state index contributed by atoms with van der Waals surface area (Å²) in [5.41, 5.74) is -0.178. The standard InChI is InChI=1S/C15H29N3O3S/c1-3-16-14(18-12-7-9-22(20,21)10-12)17-11-15(2)8-5-4-6-13(15)19/h12-13,19H,3-11H2,1-2H3,(H2,16,17,18). The van der Waals surface area contributed by atoms with Gasteiger partial charge in [0.25, 0.3) is 0 Å². The van der Waals surface area contributed by atoms with Gasteiger partial charge in [0, 0.05) is 18.0 Å². The second kappa shape index (κ2) is 7.17. The van der Waals surface area contributed by atoms with Gasteiger partial charge in [-0.15, -0.1) is 0 Å². The summed E-state index contributed by atoms with van der Waals surface area (Å²) in [6, 6.07) is -0.0631. The summed E-state index contributed by atoms with van der Waals surface area (Å²) >= 11 is 0. The fraction of sp³-hybridized carbons (Fsp3) is 0.933. The van der Waals surface area contributed by atoms with Gasteiger partial charge in [-0.3, -0.25) is 4.99 Å². The zero-order valence-corrected chi connectivity index (χ0v) is 14.5. The third-order valence-corrected chi connectivity index (χ3v) is 6.56. The summed E-state index contributed by atoms with van der Waals surface area (Å²) in [5.74, 6) is 1.08. The fourth-order valence-corrected chi connectivity index (χ4v) is 4.92. The van der Waals surface area contributed by atoms with Gasteiger partial charge >= 0.3 is 0 Å². The van der Waals surface area contributed by atoms with Crippen molar-refractivity contribution in [3.8, 4) is 0 Å². The Morgan fingerprint density at radius 1 is 1.36 bits per heavy atom. The minimum absolute atomic E-state index is 0.0631. The molecular weight excluding hydrogens is 302 g/mol. The van der Waals surface area contributed by atoms with Gasteiger partial charge in [-0.1, -0.05) is 19.8 Å². The van der Waals surface area contributed by atoms with Crippen LogP contribution in [0.15, 0.2) is 4.99 Å². The maximum absolute atomic E-state index is 11.5. The summed E-state index contributed by atoms with van der Waals surface area (Å²) in [5, 5.41) is 16.6. The van der Waals surface area contributed by atoms with Crippen molar-refractivity contribution in [2.24, 2.45) is 10.4 Å². The van der Waals surface area contributed by atoms with Gasteiger partial charge < -0.3 is 15.7 Å². The van der Waals surface area contributed by atoms with Crippen LogP contribution in [0.3, 0.4) is 0 Å². The molecule has 0 spiro atoms. The maximum Gasteiger partial charge on any atom is 0.191 e. The van der Waals surface area contributed by atoms with Crippen molar-refractivity contribution in [1.29, 1.82) is 0 Å². The molecular formula is C15H29N3O3S. The fourth-order valence-electron chi connectivity index (χ4n) is 3.25. The van der Waals surface area contributed by atoms with Crippen molar-refractivity contribution in [3.05, 3.63) is 0 Å². The molecule has 7 heteroatoms. The van der Waals surface area contributed by atoms with Crippen LogP contribution in [0.4, 0.5) is 0 Å². The van der Waals surface area contributed by atoms with E-state index in [2.05, 4.69) is 22.5 Å². The first-order chi connectivity index (χ1) is 10.3. The molecule has 0 aromatic carbocycles. The molecule has 3 unspecified atom stereocenters. The SMILES string of the molecule is CCNC(=NCC1(C)CCCCC1O)NC1CCS(=O)(=O)C1. The van der Waals surface area contributed by atoms with Crippen molar-refractivity contribution >= 4 is 15.8 Å². The average molecular weight is 331 g/mol. The van der Waals surface area contributed by atoms with Crippen LogP contribution in [0.1, 0.15) is 46.0 Å². The second-order valence-corrected chi connectivity index (χ2v) is 9.08. The largest absolute Gasteiger partial charge is 0.392 e. The van der Waals surface area contributed by atoms with Crippen molar-refractivity contribution in [3.63, 3.8) is 0 Å². The van der Waals surface area contributed by atoms with Crippen LogP contribution in [0.25, 0.3) is 0 Å². The van der Waals surface area contributed by atoms with E-state index in [4.69, 9.17) is 0 Å². The first-order valence-electron chi connectivity index (χ1n) is 8.28. The number of nitrogens with one attached hydrogen (secondary N) is 2. The Hall–Kier alpha value is -0.820. The van der Waals surface area contributed by atoms with E-state index in [9.17, 15) is 13.5 Å². The molecule has 2 fully saturated rings. The van der Waals surface area contributed by atoms with E-state index < -0.39 is 9.84 Å². The highest BCUT2D eigenvalue weighted by atomic mass is 32.2. The maximum atomic E-state index is 11.5. The third-order valence-electron chi connectivity index (χ3n) is 4.80. The average Bonchev–Trinajstić information content (AvgIpc) is 2.79. The number of aliphatic hydroxyl groups excluding tert-OH is 1. The molecule has 1 heterocycles. The Bertz CT molecular complexity index is 506.